The number of amides is 2. The van der Waals surface area contributed by atoms with Gasteiger partial charge in [0.2, 0.25) is 11.8 Å². The number of benzene rings is 2. The molecule has 1 aliphatic heterocycles. The van der Waals surface area contributed by atoms with Crippen LogP contribution in [-0.2, 0) is 27.5 Å². The zero-order chi connectivity index (χ0) is 19.9. The average molecular weight is 376 g/mol. The molecule has 3 rings (SSSR count). The van der Waals surface area contributed by atoms with Crippen molar-refractivity contribution in [2.24, 2.45) is 0 Å². The molecule has 1 aliphatic rings. The van der Waals surface area contributed by atoms with E-state index in [-0.39, 0.29) is 18.4 Å². The summed E-state index contributed by atoms with van der Waals surface area (Å²) >= 11 is 0. The first-order valence-corrected chi connectivity index (χ1v) is 9.18. The number of nitrogens with one attached hydrogen (secondary N) is 1. The second kappa shape index (κ2) is 9.15. The quantitative estimate of drug-likeness (QED) is 0.721. The van der Waals surface area contributed by atoms with Crippen LogP contribution in [0.25, 0.3) is 0 Å². The molecule has 2 aromatic carbocycles. The van der Waals surface area contributed by atoms with E-state index in [1.807, 2.05) is 60.7 Å². The number of rotatable bonds is 8. The summed E-state index contributed by atoms with van der Waals surface area (Å²) in [4.78, 5) is 27.4. The lowest BCUT2D eigenvalue weighted by molar-refractivity contribution is -0.150. The van der Waals surface area contributed by atoms with Crippen LogP contribution in [0.3, 0.4) is 0 Å². The normalized spacial score (nSPS) is 19.2. The Kier molecular flexibility index (Phi) is 6.40. The van der Waals surface area contributed by atoms with Crippen LogP contribution in [-0.4, -0.2) is 35.4 Å². The number of carbonyl (C=O) groups is 2. The summed E-state index contributed by atoms with van der Waals surface area (Å²) in [7, 11) is 0. The minimum atomic E-state index is -0.768. The van der Waals surface area contributed by atoms with Crippen molar-refractivity contribution in [2.45, 2.75) is 25.2 Å². The molecule has 0 radical (unpaired) electrons. The lowest BCUT2D eigenvalue weighted by atomic mass is 10.00. The smallest absolute Gasteiger partial charge is 0.248 e. The third kappa shape index (κ3) is 4.56. The van der Waals surface area contributed by atoms with Gasteiger partial charge in [0.15, 0.2) is 0 Å². The van der Waals surface area contributed by atoms with Gasteiger partial charge in [-0.25, -0.2) is 0 Å². The average Bonchev–Trinajstić information content (AvgIpc) is 2.72. The van der Waals surface area contributed by atoms with Gasteiger partial charge in [-0.1, -0.05) is 79.9 Å². The molecule has 0 saturated carbocycles. The van der Waals surface area contributed by atoms with Crippen LogP contribution < -0.4 is 5.32 Å². The number of nitrogens with zero attached hydrogens (tertiary/aromatic N) is 1. The van der Waals surface area contributed by atoms with Crippen molar-refractivity contribution in [3.05, 3.63) is 96.6 Å². The molecule has 144 valence electrons. The van der Waals surface area contributed by atoms with Crippen LogP contribution in [0.1, 0.15) is 11.1 Å². The highest BCUT2D eigenvalue weighted by atomic mass is 16.5. The van der Waals surface area contributed by atoms with E-state index >= 15 is 0 Å². The number of ether oxygens (including phenoxy) is 1. The van der Waals surface area contributed by atoms with E-state index in [9.17, 15) is 9.59 Å². The summed E-state index contributed by atoms with van der Waals surface area (Å²) < 4.78 is 5.69. The van der Waals surface area contributed by atoms with Crippen LogP contribution in [0, 0.1) is 0 Å². The lowest BCUT2D eigenvalue weighted by Crippen LogP contribution is -2.64. The van der Waals surface area contributed by atoms with E-state index < -0.39 is 12.1 Å². The highest BCUT2D eigenvalue weighted by molar-refractivity contribution is 5.99. The molecule has 1 saturated heterocycles. The Morgan fingerprint density at radius 1 is 1.04 bits per heavy atom. The molecule has 1 N–H and O–H groups in total. The molecule has 5 heteroatoms. The fourth-order valence-corrected chi connectivity index (χ4v) is 3.19. The molecular formula is C23H24N2O3. The van der Waals surface area contributed by atoms with E-state index in [2.05, 4.69) is 18.5 Å². The second-order valence-electron chi connectivity index (χ2n) is 6.70. The van der Waals surface area contributed by atoms with Gasteiger partial charge in [0.1, 0.15) is 12.1 Å². The SMILES string of the molecule is C=CC(=C)C1C(=O)NC(COCc2ccccc2)C(=O)N1Cc1ccccc1. The third-order valence-corrected chi connectivity index (χ3v) is 4.66. The molecule has 2 atom stereocenters. The van der Waals surface area contributed by atoms with Gasteiger partial charge in [0.05, 0.1) is 13.2 Å². The zero-order valence-electron chi connectivity index (χ0n) is 15.7. The van der Waals surface area contributed by atoms with Gasteiger partial charge in [-0.05, 0) is 16.7 Å². The van der Waals surface area contributed by atoms with Crippen molar-refractivity contribution >= 4 is 11.8 Å². The third-order valence-electron chi connectivity index (χ3n) is 4.66. The molecule has 5 nitrogen and oxygen atoms in total. The Bertz CT molecular complexity index is 849. The predicted molar refractivity (Wildman–Crippen MR) is 108 cm³/mol. The first kappa shape index (κ1) is 19.6. The van der Waals surface area contributed by atoms with Crippen molar-refractivity contribution in [1.29, 1.82) is 0 Å². The van der Waals surface area contributed by atoms with Gasteiger partial charge >= 0.3 is 0 Å². The fraction of sp³-hybridized carbons (Fsp3) is 0.217. The molecule has 2 aromatic rings. The van der Waals surface area contributed by atoms with Crippen molar-refractivity contribution in [3.8, 4) is 0 Å². The molecule has 1 fully saturated rings. The highest BCUT2D eigenvalue weighted by Crippen LogP contribution is 2.20. The van der Waals surface area contributed by atoms with Crippen LogP contribution in [0.15, 0.2) is 85.5 Å². The predicted octanol–water partition coefficient (Wildman–Crippen LogP) is 2.84. The van der Waals surface area contributed by atoms with Crippen molar-refractivity contribution in [1.82, 2.24) is 10.2 Å². The molecule has 0 bridgehead atoms. The number of carbonyl (C=O) groups excluding carboxylic acids is 2. The summed E-state index contributed by atoms with van der Waals surface area (Å²) in [6.07, 6.45) is 1.52. The standard InChI is InChI=1S/C23H24N2O3/c1-3-17(2)21-22(26)24-20(16-28-15-19-12-8-5-9-13-19)23(27)25(21)14-18-10-6-4-7-11-18/h3-13,20-21H,1-2,14-16H2,(H,24,26). The Labute approximate surface area is 165 Å². The van der Waals surface area contributed by atoms with Gasteiger partial charge in [0, 0.05) is 6.54 Å². The molecule has 28 heavy (non-hydrogen) atoms. The summed E-state index contributed by atoms with van der Waals surface area (Å²) in [6, 6.07) is 17.8. The summed E-state index contributed by atoms with van der Waals surface area (Å²) in [5.41, 5.74) is 2.44. The van der Waals surface area contributed by atoms with E-state index in [4.69, 9.17) is 4.74 Å². The summed E-state index contributed by atoms with van der Waals surface area (Å²) in [5, 5.41) is 2.77. The molecule has 0 spiro atoms. The molecule has 2 amide bonds. The Morgan fingerprint density at radius 2 is 1.64 bits per heavy atom. The molecule has 2 unspecified atom stereocenters. The molecule has 0 aliphatic carbocycles. The van der Waals surface area contributed by atoms with Gasteiger partial charge in [-0.2, -0.15) is 0 Å². The lowest BCUT2D eigenvalue weighted by Gasteiger charge is -2.39. The monoisotopic (exact) mass is 376 g/mol. The van der Waals surface area contributed by atoms with Crippen molar-refractivity contribution in [3.63, 3.8) is 0 Å². The minimum Gasteiger partial charge on any atom is -0.374 e. The number of hydrogen-bond acceptors (Lipinski definition) is 3. The Morgan fingerprint density at radius 3 is 2.25 bits per heavy atom. The number of piperazine rings is 1. The van der Waals surface area contributed by atoms with E-state index in [1.54, 1.807) is 4.90 Å². The van der Waals surface area contributed by atoms with Gasteiger partial charge in [0.25, 0.3) is 0 Å². The molecular weight excluding hydrogens is 352 g/mol. The first-order chi connectivity index (χ1) is 13.6. The van der Waals surface area contributed by atoms with Crippen molar-refractivity contribution < 1.29 is 14.3 Å². The molecule has 1 heterocycles. The van der Waals surface area contributed by atoms with Crippen LogP contribution in [0.4, 0.5) is 0 Å². The fourth-order valence-electron chi connectivity index (χ4n) is 3.19. The minimum absolute atomic E-state index is 0.109. The maximum absolute atomic E-state index is 13.1. The highest BCUT2D eigenvalue weighted by Gasteiger charge is 2.41. The van der Waals surface area contributed by atoms with Crippen LogP contribution in [0.2, 0.25) is 0 Å². The van der Waals surface area contributed by atoms with Crippen molar-refractivity contribution in [2.75, 3.05) is 6.61 Å². The van der Waals surface area contributed by atoms with Crippen LogP contribution in [0.5, 0.6) is 0 Å². The topological polar surface area (TPSA) is 58.6 Å². The van der Waals surface area contributed by atoms with E-state index in [1.165, 1.54) is 6.08 Å². The Hall–Kier alpha value is -3.18. The number of hydrogen-bond donors (Lipinski definition) is 1. The second-order valence-corrected chi connectivity index (χ2v) is 6.70. The maximum atomic E-state index is 13.1. The first-order valence-electron chi connectivity index (χ1n) is 9.18. The van der Waals surface area contributed by atoms with E-state index in [0.29, 0.717) is 18.7 Å². The maximum Gasteiger partial charge on any atom is 0.248 e. The van der Waals surface area contributed by atoms with E-state index in [0.717, 1.165) is 11.1 Å². The summed E-state index contributed by atoms with van der Waals surface area (Å²) in [6.45, 7) is 8.40. The van der Waals surface area contributed by atoms with Gasteiger partial charge < -0.3 is 15.0 Å². The van der Waals surface area contributed by atoms with Gasteiger partial charge in [-0.3, -0.25) is 9.59 Å². The summed E-state index contributed by atoms with van der Waals surface area (Å²) in [5.74, 6) is -0.460. The Balaban J connectivity index is 1.73. The largest absolute Gasteiger partial charge is 0.374 e. The van der Waals surface area contributed by atoms with Gasteiger partial charge in [-0.15, -0.1) is 0 Å². The molecule has 0 aromatic heterocycles. The van der Waals surface area contributed by atoms with Crippen LogP contribution >= 0.6 is 0 Å². The zero-order valence-corrected chi connectivity index (χ0v) is 15.7.